The third-order valence-corrected chi connectivity index (χ3v) is 6.84. The van der Waals surface area contributed by atoms with Crippen molar-refractivity contribution in [3.05, 3.63) is 143 Å². The normalized spacial score (nSPS) is 11.1. The molecule has 0 aliphatic rings. The van der Waals surface area contributed by atoms with Crippen molar-refractivity contribution in [1.29, 1.82) is 0 Å². The number of aryl methyl sites for hydroxylation is 1. The van der Waals surface area contributed by atoms with Crippen LogP contribution in [0.5, 0.6) is 0 Å². The first-order valence-corrected chi connectivity index (χ1v) is 12.5. The van der Waals surface area contributed by atoms with E-state index in [0.717, 1.165) is 29.7 Å². The molecule has 0 spiro atoms. The minimum absolute atomic E-state index is 0.156. The number of fused-ring (bicyclic) bond motifs is 1. The molecule has 0 saturated carbocycles. The van der Waals surface area contributed by atoms with Crippen molar-refractivity contribution >= 4 is 16.6 Å². The number of rotatable bonds is 8. The first-order chi connectivity index (χ1) is 17.6. The predicted molar refractivity (Wildman–Crippen MR) is 151 cm³/mol. The number of Topliss-reactive ketones (excluding diaryl/α,β-unsaturated/α-hetero) is 1. The average Bonchev–Trinajstić information content (AvgIpc) is 2.91. The molecule has 0 radical (unpaired) electrons. The van der Waals surface area contributed by atoms with Gasteiger partial charge in [0.25, 0.3) is 0 Å². The number of carbonyl (C=O) groups is 1. The summed E-state index contributed by atoms with van der Waals surface area (Å²) in [6.45, 7) is 2.87. The molecule has 5 rings (SSSR count). The quantitative estimate of drug-likeness (QED) is 0.238. The molecular formula is C34H31NO. The Kier molecular flexibility index (Phi) is 7.06. The molecule has 0 heterocycles. The number of ketones is 1. The van der Waals surface area contributed by atoms with Crippen LogP contribution in [0.2, 0.25) is 0 Å². The van der Waals surface area contributed by atoms with Crippen LogP contribution in [-0.4, -0.2) is 12.8 Å². The fourth-order valence-corrected chi connectivity index (χ4v) is 4.88. The van der Waals surface area contributed by atoms with Gasteiger partial charge in [0.1, 0.15) is 0 Å². The average molecular weight is 470 g/mol. The molecule has 0 fully saturated rings. The van der Waals surface area contributed by atoms with E-state index >= 15 is 0 Å². The molecule has 178 valence electrons. The molecule has 36 heavy (non-hydrogen) atoms. The summed E-state index contributed by atoms with van der Waals surface area (Å²) in [6, 6.07) is 38.2. The van der Waals surface area contributed by atoms with Crippen molar-refractivity contribution in [2.75, 3.05) is 7.05 Å². The zero-order valence-electron chi connectivity index (χ0n) is 20.9. The minimum Gasteiger partial charge on any atom is -0.316 e. The monoisotopic (exact) mass is 469 g/mol. The second-order valence-corrected chi connectivity index (χ2v) is 9.50. The van der Waals surface area contributed by atoms with Gasteiger partial charge in [-0.2, -0.15) is 0 Å². The highest BCUT2D eigenvalue weighted by Crippen LogP contribution is 2.31. The molecule has 2 heteroatoms. The van der Waals surface area contributed by atoms with Gasteiger partial charge in [-0.25, -0.2) is 0 Å². The van der Waals surface area contributed by atoms with Crippen LogP contribution in [0.25, 0.3) is 21.9 Å². The summed E-state index contributed by atoms with van der Waals surface area (Å²) < 4.78 is 0. The summed E-state index contributed by atoms with van der Waals surface area (Å²) in [7, 11) is 1.94. The van der Waals surface area contributed by atoms with Gasteiger partial charge in [-0.3, -0.25) is 4.79 Å². The Hall–Kier alpha value is -4.01. The second-order valence-electron chi connectivity index (χ2n) is 9.50. The lowest BCUT2D eigenvalue weighted by Crippen LogP contribution is -2.08. The van der Waals surface area contributed by atoms with E-state index in [1.165, 1.54) is 38.6 Å². The van der Waals surface area contributed by atoms with Crippen LogP contribution in [0, 0.1) is 6.92 Å². The van der Waals surface area contributed by atoms with Gasteiger partial charge in [0.15, 0.2) is 5.78 Å². The van der Waals surface area contributed by atoms with E-state index in [1.807, 2.05) is 19.2 Å². The van der Waals surface area contributed by atoms with E-state index < -0.39 is 0 Å². The number of hydrogen-bond acceptors (Lipinski definition) is 2. The third kappa shape index (κ3) is 5.30. The summed E-state index contributed by atoms with van der Waals surface area (Å²) in [4.78, 5) is 13.0. The predicted octanol–water partition coefficient (Wildman–Crippen LogP) is 7.55. The smallest absolute Gasteiger partial charge is 0.167 e. The maximum Gasteiger partial charge on any atom is 0.167 e. The van der Waals surface area contributed by atoms with Gasteiger partial charge in [-0.05, 0) is 70.1 Å². The summed E-state index contributed by atoms with van der Waals surface area (Å²) in [6.07, 6.45) is 1.25. The Morgan fingerprint density at radius 2 is 1.44 bits per heavy atom. The Labute approximate surface area is 213 Å². The number of benzene rings is 5. The van der Waals surface area contributed by atoms with Crippen LogP contribution in [0.4, 0.5) is 0 Å². The van der Waals surface area contributed by atoms with Gasteiger partial charge in [0, 0.05) is 18.5 Å². The van der Waals surface area contributed by atoms with E-state index in [9.17, 15) is 4.79 Å². The molecule has 0 bridgehead atoms. The lowest BCUT2D eigenvalue weighted by Gasteiger charge is -2.12. The van der Waals surface area contributed by atoms with Crippen LogP contribution in [0.15, 0.2) is 109 Å². The van der Waals surface area contributed by atoms with E-state index in [2.05, 4.69) is 109 Å². The van der Waals surface area contributed by atoms with Gasteiger partial charge in [-0.1, -0.05) is 109 Å². The fourth-order valence-electron chi connectivity index (χ4n) is 4.88. The summed E-state index contributed by atoms with van der Waals surface area (Å²) in [5.41, 5.74) is 9.17. The summed E-state index contributed by atoms with van der Waals surface area (Å²) >= 11 is 0. The van der Waals surface area contributed by atoms with Crippen LogP contribution >= 0.6 is 0 Å². The molecule has 5 aromatic carbocycles. The van der Waals surface area contributed by atoms with Crippen LogP contribution in [0.3, 0.4) is 0 Å². The highest BCUT2D eigenvalue weighted by Gasteiger charge is 2.11. The molecule has 0 aromatic heterocycles. The summed E-state index contributed by atoms with van der Waals surface area (Å²) in [5.74, 6) is 0.156. The maximum atomic E-state index is 13.0. The van der Waals surface area contributed by atoms with Crippen molar-refractivity contribution < 1.29 is 4.79 Å². The van der Waals surface area contributed by atoms with Crippen molar-refractivity contribution in [2.24, 2.45) is 0 Å². The molecule has 0 unspecified atom stereocenters. The molecule has 0 atom stereocenters. The van der Waals surface area contributed by atoms with Gasteiger partial charge >= 0.3 is 0 Å². The van der Waals surface area contributed by atoms with Crippen molar-refractivity contribution in [2.45, 2.75) is 26.3 Å². The zero-order valence-corrected chi connectivity index (χ0v) is 20.9. The fraction of sp³-hybridized carbons (Fsp3) is 0.147. The Morgan fingerprint density at radius 1 is 0.722 bits per heavy atom. The van der Waals surface area contributed by atoms with Gasteiger partial charge in [-0.15, -0.1) is 0 Å². The number of hydrogen-bond donors (Lipinski definition) is 1. The van der Waals surface area contributed by atoms with Crippen molar-refractivity contribution in [3.63, 3.8) is 0 Å². The SMILES string of the molecule is CNCc1ccc(C)c(CC(=O)c2ccc(Cc3cc(-c4ccccc4)c4ccccc4c3)cc2)c1. The molecule has 1 N–H and O–H groups in total. The third-order valence-electron chi connectivity index (χ3n) is 6.84. The van der Waals surface area contributed by atoms with Crippen molar-refractivity contribution in [3.8, 4) is 11.1 Å². The first kappa shape index (κ1) is 23.7. The number of nitrogens with one attached hydrogen (secondary N) is 1. The molecule has 0 amide bonds. The standard InChI is InChI=1S/C34H31NO/c1-24-12-13-26(23-35-2)19-31(24)22-34(36)29-16-14-25(15-17-29)18-27-20-30-10-6-7-11-32(30)33(21-27)28-8-4-3-5-9-28/h3-17,19-21,35H,18,22-23H2,1-2H3. The Balaban J connectivity index is 1.36. The van der Waals surface area contributed by atoms with E-state index in [1.54, 1.807) is 0 Å². The molecule has 5 aromatic rings. The van der Waals surface area contributed by atoms with E-state index in [4.69, 9.17) is 0 Å². The number of carbonyl (C=O) groups excluding carboxylic acids is 1. The molecule has 2 nitrogen and oxygen atoms in total. The molecule has 0 saturated heterocycles. The lowest BCUT2D eigenvalue weighted by molar-refractivity contribution is 0.0992. The Bertz CT molecular complexity index is 1500. The Morgan fingerprint density at radius 3 is 2.22 bits per heavy atom. The highest BCUT2D eigenvalue weighted by molar-refractivity contribution is 5.98. The van der Waals surface area contributed by atoms with Gasteiger partial charge in [0.2, 0.25) is 0 Å². The topological polar surface area (TPSA) is 29.1 Å². The summed E-state index contributed by atoms with van der Waals surface area (Å²) in [5, 5.41) is 5.69. The van der Waals surface area contributed by atoms with Gasteiger partial charge < -0.3 is 5.32 Å². The molecule has 0 aliphatic heterocycles. The van der Waals surface area contributed by atoms with Gasteiger partial charge in [0.05, 0.1) is 0 Å². The van der Waals surface area contributed by atoms with Crippen LogP contribution < -0.4 is 5.32 Å². The highest BCUT2D eigenvalue weighted by atomic mass is 16.1. The zero-order chi connectivity index (χ0) is 24.9. The minimum atomic E-state index is 0.156. The maximum absolute atomic E-state index is 13.0. The largest absolute Gasteiger partial charge is 0.316 e. The van der Waals surface area contributed by atoms with Crippen LogP contribution in [0.1, 0.15) is 38.2 Å². The van der Waals surface area contributed by atoms with Crippen LogP contribution in [-0.2, 0) is 19.4 Å². The van der Waals surface area contributed by atoms with E-state index in [-0.39, 0.29) is 5.78 Å². The van der Waals surface area contributed by atoms with E-state index in [0.29, 0.717) is 6.42 Å². The van der Waals surface area contributed by atoms with Crippen molar-refractivity contribution in [1.82, 2.24) is 5.32 Å². The molecular weight excluding hydrogens is 438 g/mol. The lowest BCUT2D eigenvalue weighted by atomic mass is 9.92. The first-order valence-electron chi connectivity index (χ1n) is 12.5. The molecule has 0 aliphatic carbocycles. The second kappa shape index (κ2) is 10.7.